The molecule has 0 radical (unpaired) electrons. The van der Waals surface area contributed by atoms with E-state index in [2.05, 4.69) is 9.97 Å². The van der Waals surface area contributed by atoms with Crippen LogP contribution in [-0.4, -0.2) is 9.97 Å². The summed E-state index contributed by atoms with van der Waals surface area (Å²) in [6, 6.07) is 14.4. The quantitative estimate of drug-likeness (QED) is 0.542. The molecular weight excluding hydrogens is 354 g/mol. The molecule has 26 heavy (non-hydrogen) atoms. The first-order chi connectivity index (χ1) is 12.6. The molecule has 1 aromatic heterocycles. The molecule has 130 valence electrons. The Morgan fingerprint density at radius 2 is 1.77 bits per heavy atom. The third kappa shape index (κ3) is 4.16. The number of nitriles is 1. The second-order valence-electron chi connectivity index (χ2n) is 5.51. The highest BCUT2D eigenvalue weighted by Gasteiger charge is 2.15. The summed E-state index contributed by atoms with van der Waals surface area (Å²) in [4.78, 5) is 8.52. The topological polar surface area (TPSA) is 75.6 Å². The van der Waals surface area contributed by atoms with Gasteiger partial charge in [-0.15, -0.1) is 0 Å². The van der Waals surface area contributed by atoms with Crippen molar-refractivity contribution in [1.82, 2.24) is 9.97 Å². The largest absolute Gasteiger partial charge is 0.382 e. The molecule has 0 aliphatic heterocycles. The number of thioether (sulfide) groups is 1. The summed E-state index contributed by atoms with van der Waals surface area (Å²) in [5.41, 5.74) is 7.75. The van der Waals surface area contributed by atoms with Gasteiger partial charge < -0.3 is 5.73 Å². The molecule has 0 saturated carbocycles. The Hall–Kier alpha value is -2.98. The van der Waals surface area contributed by atoms with Crippen molar-refractivity contribution >= 4 is 17.6 Å². The normalized spacial score (nSPS) is 10.5. The van der Waals surface area contributed by atoms with Gasteiger partial charge in [0, 0.05) is 12.2 Å². The maximum absolute atomic E-state index is 13.9. The molecule has 7 heteroatoms. The molecule has 3 aromatic rings. The summed E-state index contributed by atoms with van der Waals surface area (Å²) in [5.74, 6) is -0.0839. The molecule has 0 atom stereocenters. The number of benzene rings is 2. The molecule has 0 amide bonds. The van der Waals surface area contributed by atoms with Crippen LogP contribution in [0.2, 0.25) is 0 Å². The van der Waals surface area contributed by atoms with E-state index in [1.165, 1.54) is 30.0 Å². The van der Waals surface area contributed by atoms with Crippen LogP contribution >= 0.6 is 11.8 Å². The minimum atomic E-state index is -0.367. The number of anilines is 1. The van der Waals surface area contributed by atoms with Crippen molar-refractivity contribution in [3.63, 3.8) is 0 Å². The Kier molecular flexibility index (Phi) is 5.44. The number of hydrogen-bond donors (Lipinski definition) is 1. The van der Waals surface area contributed by atoms with Gasteiger partial charge in [0.1, 0.15) is 29.1 Å². The summed E-state index contributed by atoms with van der Waals surface area (Å²) in [5, 5.41) is 9.71. The summed E-state index contributed by atoms with van der Waals surface area (Å²) in [6.07, 6.45) is 0.145. The molecule has 0 fully saturated rings. The van der Waals surface area contributed by atoms with Gasteiger partial charge in [0.25, 0.3) is 0 Å². The average Bonchev–Trinajstić information content (AvgIpc) is 2.63. The van der Waals surface area contributed by atoms with E-state index in [1.54, 1.807) is 30.3 Å². The van der Waals surface area contributed by atoms with Gasteiger partial charge >= 0.3 is 0 Å². The van der Waals surface area contributed by atoms with Crippen molar-refractivity contribution < 1.29 is 8.78 Å². The second kappa shape index (κ2) is 7.93. The fraction of sp³-hybridized carbons (Fsp3) is 0.105. The van der Waals surface area contributed by atoms with Gasteiger partial charge in [0.05, 0.1) is 5.69 Å². The lowest BCUT2D eigenvalue weighted by atomic mass is 10.1. The Bertz CT molecular complexity index is 968. The smallest absolute Gasteiger partial charge is 0.190 e. The van der Waals surface area contributed by atoms with Crippen molar-refractivity contribution in [2.24, 2.45) is 0 Å². The van der Waals surface area contributed by atoms with Crippen molar-refractivity contribution in [3.8, 4) is 6.07 Å². The lowest BCUT2D eigenvalue weighted by Gasteiger charge is -2.09. The Morgan fingerprint density at radius 1 is 1.04 bits per heavy atom. The van der Waals surface area contributed by atoms with Crippen LogP contribution in [0.4, 0.5) is 14.6 Å². The number of rotatable bonds is 5. The van der Waals surface area contributed by atoms with E-state index in [0.717, 1.165) is 5.56 Å². The van der Waals surface area contributed by atoms with Crippen molar-refractivity contribution in [1.29, 1.82) is 5.26 Å². The van der Waals surface area contributed by atoms with E-state index in [-0.39, 0.29) is 29.4 Å². The molecule has 4 nitrogen and oxygen atoms in total. The molecular formula is C19H14F2N4S. The van der Waals surface area contributed by atoms with Crippen LogP contribution in [0.1, 0.15) is 22.4 Å². The first kappa shape index (κ1) is 17.8. The van der Waals surface area contributed by atoms with Gasteiger partial charge in [-0.1, -0.05) is 42.1 Å². The average molecular weight is 368 g/mol. The lowest BCUT2D eigenvalue weighted by molar-refractivity contribution is 0.612. The molecule has 0 bridgehead atoms. The van der Waals surface area contributed by atoms with Crippen molar-refractivity contribution in [2.75, 3.05) is 5.73 Å². The predicted molar refractivity (Wildman–Crippen MR) is 96.3 cm³/mol. The number of halogens is 2. The van der Waals surface area contributed by atoms with Crippen LogP contribution in [0.15, 0.2) is 53.7 Å². The zero-order valence-electron chi connectivity index (χ0n) is 13.6. The van der Waals surface area contributed by atoms with Gasteiger partial charge in [-0.3, -0.25) is 0 Å². The fourth-order valence-corrected chi connectivity index (χ4v) is 3.19. The van der Waals surface area contributed by atoms with Crippen molar-refractivity contribution in [2.45, 2.75) is 17.3 Å². The molecule has 0 aliphatic rings. The van der Waals surface area contributed by atoms with E-state index in [4.69, 9.17) is 5.73 Å². The number of nitrogen functional groups attached to an aromatic ring is 1. The van der Waals surface area contributed by atoms with E-state index in [1.807, 2.05) is 6.07 Å². The molecule has 0 spiro atoms. The highest BCUT2D eigenvalue weighted by Crippen LogP contribution is 2.25. The highest BCUT2D eigenvalue weighted by atomic mass is 32.2. The maximum Gasteiger partial charge on any atom is 0.190 e. The SMILES string of the molecule is N#Cc1c(N)nc(SCc2ccc(F)cc2)nc1Cc1ccccc1F. The Balaban J connectivity index is 1.85. The maximum atomic E-state index is 13.9. The van der Waals surface area contributed by atoms with Crippen LogP contribution in [0.3, 0.4) is 0 Å². The molecule has 3 rings (SSSR count). The van der Waals surface area contributed by atoms with Crippen LogP contribution in [0, 0.1) is 23.0 Å². The van der Waals surface area contributed by atoms with Gasteiger partial charge in [0.15, 0.2) is 5.16 Å². The van der Waals surface area contributed by atoms with Crippen molar-refractivity contribution in [3.05, 3.63) is 82.5 Å². The third-order valence-corrected chi connectivity index (χ3v) is 4.62. The van der Waals surface area contributed by atoms with Gasteiger partial charge in [-0.2, -0.15) is 5.26 Å². The number of aromatic nitrogens is 2. The van der Waals surface area contributed by atoms with E-state index in [0.29, 0.717) is 22.2 Å². The summed E-state index contributed by atoms with van der Waals surface area (Å²) in [7, 11) is 0. The van der Waals surface area contributed by atoms with Crippen LogP contribution in [-0.2, 0) is 12.2 Å². The minimum absolute atomic E-state index is 0.0652. The van der Waals surface area contributed by atoms with Crippen LogP contribution in [0.25, 0.3) is 0 Å². The third-order valence-electron chi connectivity index (χ3n) is 3.70. The molecule has 2 aromatic carbocycles. The number of nitrogens with two attached hydrogens (primary N) is 1. The predicted octanol–water partition coefficient (Wildman–Crippen LogP) is 4.09. The summed E-state index contributed by atoms with van der Waals surface area (Å²) in [6.45, 7) is 0. The van der Waals surface area contributed by atoms with Crippen LogP contribution in [0.5, 0.6) is 0 Å². The monoisotopic (exact) mass is 368 g/mol. The van der Waals surface area contributed by atoms with Gasteiger partial charge in [-0.25, -0.2) is 18.7 Å². The molecule has 1 heterocycles. The fourth-order valence-electron chi connectivity index (χ4n) is 2.37. The zero-order valence-corrected chi connectivity index (χ0v) is 14.4. The first-order valence-electron chi connectivity index (χ1n) is 7.74. The Labute approximate surface area is 153 Å². The second-order valence-corrected chi connectivity index (χ2v) is 6.45. The van der Waals surface area contributed by atoms with E-state index < -0.39 is 0 Å². The minimum Gasteiger partial charge on any atom is -0.382 e. The summed E-state index contributed by atoms with van der Waals surface area (Å²) >= 11 is 1.31. The van der Waals surface area contributed by atoms with E-state index in [9.17, 15) is 14.0 Å². The molecule has 0 saturated heterocycles. The van der Waals surface area contributed by atoms with Gasteiger partial charge in [0.2, 0.25) is 0 Å². The number of nitrogens with zero attached hydrogens (tertiary/aromatic N) is 3. The molecule has 0 aliphatic carbocycles. The summed E-state index contributed by atoms with van der Waals surface area (Å²) < 4.78 is 26.9. The lowest BCUT2D eigenvalue weighted by Crippen LogP contribution is -2.06. The molecule has 2 N–H and O–H groups in total. The zero-order chi connectivity index (χ0) is 18.5. The molecule has 0 unspecified atom stereocenters. The van der Waals surface area contributed by atoms with Gasteiger partial charge in [-0.05, 0) is 29.3 Å². The Morgan fingerprint density at radius 3 is 2.46 bits per heavy atom. The first-order valence-corrected chi connectivity index (χ1v) is 8.72. The number of hydrogen-bond acceptors (Lipinski definition) is 5. The van der Waals surface area contributed by atoms with E-state index >= 15 is 0 Å². The highest BCUT2D eigenvalue weighted by molar-refractivity contribution is 7.98. The van der Waals surface area contributed by atoms with Crippen LogP contribution < -0.4 is 5.73 Å². The standard InChI is InChI=1S/C19H14F2N4S/c20-14-7-5-12(6-8-14)11-26-19-24-17(15(10-22)18(23)25-19)9-13-3-1-2-4-16(13)21/h1-8H,9,11H2,(H2,23,24,25).